The summed E-state index contributed by atoms with van der Waals surface area (Å²) in [6.45, 7) is 2.25. The Morgan fingerprint density at radius 1 is 1.18 bits per heavy atom. The molecule has 0 aromatic rings. The Morgan fingerprint density at radius 2 is 2.09 bits per heavy atom. The average molecular weight is 155 g/mol. The van der Waals surface area contributed by atoms with Gasteiger partial charge in [0.05, 0.1) is 6.10 Å². The van der Waals surface area contributed by atoms with Gasteiger partial charge in [-0.15, -0.1) is 0 Å². The minimum absolute atomic E-state index is 0.0100. The van der Waals surface area contributed by atoms with E-state index in [1.807, 2.05) is 0 Å². The number of nitrogens with one attached hydrogen (secondary N) is 1. The van der Waals surface area contributed by atoms with E-state index < -0.39 is 0 Å². The van der Waals surface area contributed by atoms with E-state index in [1.165, 1.54) is 19.3 Å². The van der Waals surface area contributed by atoms with Crippen LogP contribution in [-0.4, -0.2) is 24.3 Å². The molecular formula is C9H17NO. The molecule has 0 aromatic heterocycles. The second kappa shape index (κ2) is 3.11. The predicted octanol–water partition coefficient (Wildman–Crippen LogP) is 0.757. The van der Waals surface area contributed by atoms with E-state index in [2.05, 4.69) is 5.32 Å². The third-order valence-electron chi connectivity index (χ3n) is 3.24. The quantitative estimate of drug-likeness (QED) is 0.541. The SMILES string of the molecule is OC1CCC[C@H]2CNCC[C@@H]12. The number of aliphatic hydroxyl groups is 1. The number of hydrogen-bond donors (Lipinski definition) is 2. The lowest BCUT2D eigenvalue weighted by Gasteiger charge is -2.39. The van der Waals surface area contributed by atoms with E-state index in [-0.39, 0.29) is 6.10 Å². The van der Waals surface area contributed by atoms with Crippen LogP contribution in [0.4, 0.5) is 0 Å². The Kier molecular flexibility index (Phi) is 2.14. The highest BCUT2D eigenvalue weighted by Crippen LogP contribution is 2.33. The number of fused-ring (bicyclic) bond motifs is 1. The molecule has 1 heterocycles. The van der Waals surface area contributed by atoms with Crippen molar-refractivity contribution in [3.63, 3.8) is 0 Å². The van der Waals surface area contributed by atoms with Crippen LogP contribution in [0.2, 0.25) is 0 Å². The second-order valence-corrected chi connectivity index (χ2v) is 3.91. The smallest absolute Gasteiger partial charge is 0.0572 e. The summed E-state index contributed by atoms with van der Waals surface area (Å²) < 4.78 is 0. The van der Waals surface area contributed by atoms with Gasteiger partial charge in [-0.1, -0.05) is 6.42 Å². The van der Waals surface area contributed by atoms with Gasteiger partial charge in [-0.2, -0.15) is 0 Å². The molecule has 0 amide bonds. The maximum atomic E-state index is 9.68. The molecule has 2 N–H and O–H groups in total. The van der Waals surface area contributed by atoms with Crippen LogP contribution in [0.25, 0.3) is 0 Å². The zero-order chi connectivity index (χ0) is 7.68. The molecule has 1 aliphatic carbocycles. The number of hydrogen-bond acceptors (Lipinski definition) is 2. The average Bonchev–Trinajstić information content (AvgIpc) is 2.06. The van der Waals surface area contributed by atoms with E-state index in [0.29, 0.717) is 5.92 Å². The third kappa shape index (κ3) is 1.42. The fraction of sp³-hybridized carbons (Fsp3) is 1.00. The van der Waals surface area contributed by atoms with Gasteiger partial charge in [-0.25, -0.2) is 0 Å². The van der Waals surface area contributed by atoms with Gasteiger partial charge in [0.15, 0.2) is 0 Å². The molecule has 2 fully saturated rings. The molecule has 2 rings (SSSR count). The largest absolute Gasteiger partial charge is 0.393 e. The van der Waals surface area contributed by atoms with Gasteiger partial charge < -0.3 is 10.4 Å². The molecule has 2 aliphatic rings. The van der Waals surface area contributed by atoms with Crippen molar-refractivity contribution >= 4 is 0 Å². The Bertz CT molecular complexity index is 136. The summed E-state index contributed by atoms with van der Waals surface area (Å²) in [5.74, 6) is 1.39. The van der Waals surface area contributed by atoms with Gasteiger partial charge in [0.25, 0.3) is 0 Å². The standard InChI is InChI=1S/C9H17NO/c11-9-3-1-2-7-6-10-5-4-8(7)9/h7-11H,1-6H2/t7-,8+,9?/m0/s1. The van der Waals surface area contributed by atoms with Crippen molar-refractivity contribution in [1.82, 2.24) is 5.32 Å². The lowest BCUT2D eigenvalue weighted by atomic mass is 9.74. The number of piperidine rings is 1. The van der Waals surface area contributed by atoms with Gasteiger partial charge in [0.2, 0.25) is 0 Å². The lowest BCUT2D eigenvalue weighted by Crippen LogP contribution is -2.44. The molecule has 3 atom stereocenters. The molecule has 64 valence electrons. The summed E-state index contributed by atoms with van der Waals surface area (Å²) in [5, 5.41) is 13.1. The van der Waals surface area contributed by atoms with Gasteiger partial charge in [0, 0.05) is 0 Å². The molecule has 0 aromatic carbocycles. The summed E-state index contributed by atoms with van der Waals surface area (Å²) in [7, 11) is 0. The normalized spacial score (nSPS) is 45.0. The van der Waals surface area contributed by atoms with Crippen LogP contribution in [0.5, 0.6) is 0 Å². The molecule has 2 nitrogen and oxygen atoms in total. The monoisotopic (exact) mass is 155 g/mol. The lowest BCUT2D eigenvalue weighted by molar-refractivity contribution is 0.0167. The first-order chi connectivity index (χ1) is 5.38. The van der Waals surface area contributed by atoms with Crippen LogP contribution >= 0.6 is 0 Å². The predicted molar refractivity (Wildman–Crippen MR) is 44.3 cm³/mol. The first-order valence-corrected chi connectivity index (χ1v) is 4.76. The van der Waals surface area contributed by atoms with E-state index in [9.17, 15) is 5.11 Å². The molecule has 1 aliphatic heterocycles. The molecule has 0 spiro atoms. The van der Waals surface area contributed by atoms with E-state index in [0.717, 1.165) is 25.4 Å². The summed E-state index contributed by atoms with van der Waals surface area (Å²) in [6.07, 6.45) is 4.79. The van der Waals surface area contributed by atoms with Crippen molar-refractivity contribution < 1.29 is 5.11 Å². The molecule has 1 saturated heterocycles. The fourth-order valence-electron chi connectivity index (χ4n) is 2.57. The first-order valence-electron chi connectivity index (χ1n) is 4.76. The maximum Gasteiger partial charge on any atom is 0.0572 e. The van der Waals surface area contributed by atoms with Crippen LogP contribution in [0.3, 0.4) is 0 Å². The van der Waals surface area contributed by atoms with Crippen LogP contribution in [0, 0.1) is 11.8 Å². The van der Waals surface area contributed by atoms with Crippen LogP contribution in [0.1, 0.15) is 25.7 Å². The highest BCUT2D eigenvalue weighted by Gasteiger charge is 2.33. The first kappa shape index (κ1) is 7.56. The van der Waals surface area contributed by atoms with Crippen LogP contribution in [-0.2, 0) is 0 Å². The summed E-state index contributed by atoms with van der Waals surface area (Å²) >= 11 is 0. The Hall–Kier alpha value is -0.0800. The minimum atomic E-state index is 0.0100. The van der Waals surface area contributed by atoms with E-state index in [4.69, 9.17) is 0 Å². The molecule has 1 saturated carbocycles. The van der Waals surface area contributed by atoms with Crippen LogP contribution < -0.4 is 5.32 Å². The van der Waals surface area contributed by atoms with Crippen molar-refractivity contribution in [1.29, 1.82) is 0 Å². The molecule has 1 unspecified atom stereocenters. The third-order valence-corrected chi connectivity index (χ3v) is 3.24. The summed E-state index contributed by atoms with van der Waals surface area (Å²) in [4.78, 5) is 0. The van der Waals surface area contributed by atoms with Crippen molar-refractivity contribution in [2.45, 2.75) is 31.8 Å². The molecular weight excluding hydrogens is 138 g/mol. The number of rotatable bonds is 0. The molecule has 0 bridgehead atoms. The maximum absolute atomic E-state index is 9.68. The van der Waals surface area contributed by atoms with Gasteiger partial charge in [-0.3, -0.25) is 0 Å². The zero-order valence-corrected chi connectivity index (χ0v) is 6.92. The fourth-order valence-corrected chi connectivity index (χ4v) is 2.57. The zero-order valence-electron chi connectivity index (χ0n) is 6.92. The van der Waals surface area contributed by atoms with E-state index in [1.54, 1.807) is 0 Å². The number of aliphatic hydroxyl groups excluding tert-OH is 1. The molecule has 0 radical (unpaired) electrons. The Labute approximate surface area is 68.0 Å². The van der Waals surface area contributed by atoms with E-state index >= 15 is 0 Å². The van der Waals surface area contributed by atoms with Gasteiger partial charge in [-0.05, 0) is 44.2 Å². The highest BCUT2D eigenvalue weighted by atomic mass is 16.3. The summed E-state index contributed by atoms with van der Waals surface area (Å²) in [5.41, 5.74) is 0. The van der Waals surface area contributed by atoms with Crippen molar-refractivity contribution in [3.8, 4) is 0 Å². The van der Waals surface area contributed by atoms with Gasteiger partial charge in [0.1, 0.15) is 0 Å². The molecule has 11 heavy (non-hydrogen) atoms. The summed E-state index contributed by atoms with van der Waals surface area (Å²) in [6, 6.07) is 0. The highest BCUT2D eigenvalue weighted by molar-refractivity contribution is 4.86. The van der Waals surface area contributed by atoms with Crippen molar-refractivity contribution in [2.75, 3.05) is 13.1 Å². The van der Waals surface area contributed by atoms with Gasteiger partial charge >= 0.3 is 0 Å². The van der Waals surface area contributed by atoms with Crippen LogP contribution in [0.15, 0.2) is 0 Å². The Balaban J connectivity index is 1.99. The second-order valence-electron chi connectivity index (χ2n) is 3.91. The van der Waals surface area contributed by atoms with Crippen molar-refractivity contribution in [3.05, 3.63) is 0 Å². The topological polar surface area (TPSA) is 32.3 Å². The minimum Gasteiger partial charge on any atom is -0.393 e. The Morgan fingerprint density at radius 3 is 2.91 bits per heavy atom. The molecule has 2 heteroatoms. The van der Waals surface area contributed by atoms with Crippen molar-refractivity contribution in [2.24, 2.45) is 11.8 Å².